The second kappa shape index (κ2) is 4.77. The lowest BCUT2D eigenvalue weighted by Gasteiger charge is -1.94. The van der Waals surface area contributed by atoms with E-state index in [0.717, 1.165) is 16.1 Å². The van der Waals surface area contributed by atoms with Gasteiger partial charge in [-0.05, 0) is 11.4 Å². The Labute approximate surface area is 96.3 Å². The summed E-state index contributed by atoms with van der Waals surface area (Å²) >= 11 is 7.43. The Hall–Kier alpha value is -0.870. The second-order valence-corrected chi connectivity index (χ2v) is 4.28. The van der Waals surface area contributed by atoms with Crippen LogP contribution in [0.1, 0.15) is 5.56 Å². The highest BCUT2D eigenvalue weighted by Crippen LogP contribution is 2.27. The van der Waals surface area contributed by atoms with E-state index in [9.17, 15) is 4.39 Å². The van der Waals surface area contributed by atoms with Crippen molar-refractivity contribution in [2.24, 2.45) is 0 Å². The second-order valence-electron chi connectivity index (χ2n) is 3.07. The smallest absolute Gasteiger partial charge is 0.109 e. The van der Waals surface area contributed by atoms with Crippen LogP contribution in [0.5, 0.6) is 0 Å². The average Bonchev–Trinajstić information content (AvgIpc) is 2.84. The van der Waals surface area contributed by atoms with Crippen molar-refractivity contribution in [2.45, 2.75) is 12.4 Å². The molecule has 0 amide bonds. The standard InChI is InChI=1S/C10H10ClFN2S/c11-6-8-7-14(4-3-12)13-10(8)9-2-1-5-15-9/h1-2,5,7H,3-4,6H2. The van der Waals surface area contributed by atoms with E-state index >= 15 is 0 Å². The Bertz CT molecular complexity index is 425. The van der Waals surface area contributed by atoms with Crippen LogP contribution in [0.2, 0.25) is 0 Å². The minimum absolute atomic E-state index is 0.287. The molecule has 0 bridgehead atoms. The van der Waals surface area contributed by atoms with Gasteiger partial charge in [0.05, 0.1) is 17.3 Å². The molecule has 15 heavy (non-hydrogen) atoms. The monoisotopic (exact) mass is 244 g/mol. The van der Waals surface area contributed by atoms with E-state index in [4.69, 9.17) is 11.6 Å². The summed E-state index contributed by atoms with van der Waals surface area (Å²) in [6.45, 7) is -0.122. The quantitative estimate of drug-likeness (QED) is 0.755. The fraction of sp³-hybridized carbons (Fsp3) is 0.300. The lowest BCUT2D eigenvalue weighted by molar-refractivity contribution is 0.427. The number of rotatable bonds is 4. The molecule has 0 aliphatic rings. The summed E-state index contributed by atoms with van der Waals surface area (Å²) in [6.07, 6.45) is 1.81. The molecular formula is C10H10ClFN2S. The summed E-state index contributed by atoms with van der Waals surface area (Å²) in [6, 6.07) is 3.95. The summed E-state index contributed by atoms with van der Waals surface area (Å²) < 4.78 is 13.8. The van der Waals surface area contributed by atoms with Gasteiger partial charge in [0.15, 0.2) is 0 Å². The molecule has 80 valence electrons. The topological polar surface area (TPSA) is 17.8 Å². The van der Waals surface area contributed by atoms with Crippen molar-refractivity contribution in [3.8, 4) is 10.6 Å². The number of hydrogen-bond acceptors (Lipinski definition) is 2. The van der Waals surface area contributed by atoms with Crippen LogP contribution in [0.3, 0.4) is 0 Å². The molecule has 0 saturated carbocycles. The molecule has 2 rings (SSSR count). The molecule has 0 atom stereocenters. The van der Waals surface area contributed by atoms with Gasteiger partial charge in [0.2, 0.25) is 0 Å². The van der Waals surface area contributed by atoms with Crippen LogP contribution < -0.4 is 0 Å². The van der Waals surface area contributed by atoms with E-state index in [1.807, 2.05) is 23.7 Å². The minimum atomic E-state index is -0.409. The first-order valence-corrected chi connectivity index (χ1v) is 5.98. The largest absolute Gasteiger partial charge is 0.269 e. The lowest BCUT2D eigenvalue weighted by Crippen LogP contribution is -1.99. The molecule has 2 aromatic rings. The molecule has 0 aliphatic carbocycles. The molecule has 0 N–H and O–H groups in total. The molecule has 0 radical (unpaired) electrons. The number of alkyl halides is 2. The molecule has 2 aromatic heterocycles. The minimum Gasteiger partial charge on any atom is -0.269 e. The Morgan fingerprint density at radius 2 is 2.40 bits per heavy atom. The SMILES string of the molecule is FCCn1cc(CCl)c(-c2cccs2)n1. The van der Waals surface area contributed by atoms with E-state index in [1.165, 1.54) is 0 Å². The number of aryl methyl sites for hydroxylation is 1. The van der Waals surface area contributed by atoms with Crippen LogP contribution in [-0.2, 0) is 12.4 Å². The molecule has 0 unspecified atom stereocenters. The van der Waals surface area contributed by atoms with E-state index in [1.54, 1.807) is 16.0 Å². The predicted octanol–water partition coefficient (Wildman–Crippen LogP) is 3.32. The molecular weight excluding hydrogens is 235 g/mol. The third-order valence-corrected chi connectivity index (χ3v) is 3.21. The maximum absolute atomic E-state index is 12.2. The summed E-state index contributed by atoms with van der Waals surface area (Å²) in [5.74, 6) is 0.402. The van der Waals surface area contributed by atoms with Crippen molar-refractivity contribution >= 4 is 22.9 Å². The number of hydrogen-bond donors (Lipinski definition) is 0. The van der Waals surface area contributed by atoms with Crippen molar-refractivity contribution in [1.82, 2.24) is 9.78 Å². The number of halogens is 2. The zero-order chi connectivity index (χ0) is 10.7. The maximum atomic E-state index is 12.2. The summed E-state index contributed by atoms with van der Waals surface area (Å²) in [5.41, 5.74) is 1.82. The van der Waals surface area contributed by atoms with Gasteiger partial charge in [-0.25, -0.2) is 4.39 Å². The van der Waals surface area contributed by atoms with Crippen molar-refractivity contribution in [3.63, 3.8) is 0 Å². The highest BCUT2D eigenvalue weighted by atomic mass is 35.5. The Morgan fingerprint density at radius 1 is 1.53 bits per heavy atom. The summed E-state index contributed by atoms with van der Waals surface area (Å²) in [7, 11) is 0. The van der Waals surface area contributed by atoms with Crippen LogP contribution >= 0.6 is 22.9 Å². The van der Waals surface area contributed by atoms with Gasteiger partial charge in [0.25, 0.3) is 0 Å². The lowest BCUT2D eigenvalue weighted by atomic mass is 10.2. The van der Waals surface area contributed by atoms with E-state index in [2.05, 4.69) is 5.10 Å². The fourth-order valence-corrected chi connectivity index (χ4v) is 2.32. The molecule has 0 saturated heterocycles. The highest BCUT2D eigenvalue weighted by Gasteiger charge is 2.10. The van der Waals surface area contributed by atoms with Gasteiger partial charge in [-0.15, -0.1) is 22.9 Å². The fourth-order valence-electron chi connectivity index (χ4n) is 1.38. The highest BCUT2D eigenvalue weighted by molar-refractivity contribution is 7.13. The van der Waals surface area contributed by atoms with Crippen LogP contribution in [0.25, 0.3) is 10.6 Å². The van der Waals surface area contributed by atoms with Crippen LogP contribution in [0.15, 0.2) is 23.7 Å². The van der Waals surface area contributed by atoms with Crippen molar-refractivity contribution in [1.29, 1.82) is 0 Å². The van der Waals surface area contributed by atoms with Gasteiger partial charge < -0.3 is 0 Å². The van der Waals surface area contributed by atoms with Crippen molar-refractivity contribution in [3.05, 3.63) is 29.3 Å². The molecule has 2 nitrogen and oxygen atoms in total. The third-order valence-electron chi connectivity index (χ3n) is 2.05. The molecule has 0 spiro atoms. The van der Waals surface area contributed by atoms with E-state index in [-0.39, 0.29) is 6.54 Å². The van der Waals surface area contributed by atoms with Gasteiger partial charge >= 0.3 is 0 Å². The molecule has 0 fully saturated rings. The first-order chi connectivity index (χ1) is 7.35. The number of aromatic nitrogens is 2. The van der Waals surface area contributed by atoms with Gasteiger partial charge in [0, 0.05) is 11.8 Å². The summed E-state index contributed by atoms with van der Waals surface area (Å²) in [5, 5.41) is 6.30. The van der Waals surface area contributed by atoms with Gasteiger partial charge in [-0.1, -0.05) is 6.07 Å². The van der Waals surface area contributed by atoms with Crippen molar-refractivity contribution < 1.29 is 4.39 Å². The molecule has 5 heteroatoms. The zero-order valence-electron chi connectivity index (χ0n) is 7.99. The number of nitrogens with zero attached hydrogens (tertiary/aromatic N) is 2. The van der Waals surface area contributed by atoms with E-state index in [0.29, 0.717) is 5.88 Å². The first-order valence-electron chi connectivity index (χ1n) is 4.57. The third kappa shape index (κ3) is 2.21. The molecule has 2 heterocycles. The van der Waals surface area contributed by atoms with Gasteiger partial charge in [-0.3, -0.25) is 4.68 Å². The van der Waals surface area contributed by atoms with Crippen molar-refractivity contribution in [2.75, 3.05) is 6.67 Å². The van der Waals surface area contributed by atoms with Crippen LogP contribution in [0, 0.1) is 0 Å². The molecule has 0 aliphatic heterocycles. The van der Waals surface area contributed by atoms with E-state index < -0.39 is 6.67 Å². The van der Waals surface area contributed by atoms with Crippen LogP contribution in [-0.4, -0.2) is 16.5 Å². The number of thiophene rings is 1. The summed E-state index contributed by atoms with van der Waals surface area (Å²) in [4.78, 5) is 1.07. The molecule has 0 aromatic carbocycles. The van der Waals surface area contributed by atoms with Gasteiger partial charge in [0.1, 0.15) is 12.4 Å². The Morgan fingerprint density at radius 3 is 3.00 bits per heavy atom. The van der Waals surface area contributed by atoms with Gasteiger partial charge in [-0.2, -0.15) is 5.10 Å². The normalized spacial score (nSPS) is 10.8. The Kier molecular flexibility index (Phi) is 3.38. The van der Waals surface area contributed by atoms with Crippen LogP contribution in [0.4, 0.5) is 4.39 Å². The average molecular weight is 245 g/mol. The predicted molar refractivity (Wildman–Crippen MR) is 61.1 cm³/mol. The first kappa shape index (κ1) is 10.6. The maximum Gasteiger partial charge on any atom is 0.109 e. The Balaban J connectivity index is 2.37. The zero-order valence-corrected chi connectivity index (χ0v) is 9.56.